The summed E-state index contributed by atoms with van der Waals surface area (Å²) in [7, 11) is 0. The van der Waals surface area contributed by atoms with Gasteiger partial charge in [-0.1, -0.05) is 29.4 Å². The lowest BCUT2D eigenvalue weighted by Crippen LogP contribution is -2.23. The summed E-state index contributed by atoms with van der Waals surface area (Å²) >= 11 is 7.48. The number of nitrogens with one attached hydrogen (secondary N) is 2. The van der Waals surface area contributed by atoms with Crippen LogP contribution in [0.25, 0.3) is 0 Å². The van der Waals surface area contributed by atoms with Gasteiger partial charge in [-0.3, -0.25) is 14.9 Å². The topological polar surface area (TPSA) is 115 Å². The summed E-state index contributed by atoms with van der Waals surface area (Å²) < 4.78 is 1.95. The molecule has 0 fully saturated rings. The van der Waals surface area contributed by atoms with Crippen LogP contribution in [0.5, 0.6) is 0 Å². The highest BCUT2D eigenvalue weighted by Crippen LogP contribution is 2.25. The quantitative estimate of drug-likeness (QED) is 0.257. The number of hydrogen-bond acceptors (Lipinski definition) is 7. The largest absolute Gasteiger partial charge is 0.378 e. The Balaban J connectivity index is 1.62. The van der Waals surface area contributed by atoms with Gasteiger partial charge in [0.2, 0.25) is 5.91 Å². The number of carbonyl (C=O) groups is 1. The van der Waals surface area contributed by atoms with Gasteiger partial charge in [0.1, 0.15) is 0 Å². The zero-order valence-electron chi connectivity index (χ0n) is 17.8. The number of anilines is 2. The molecule has 0 saturated carbocycles. The average Bonchev–Trinajstić information content (AvgIpc) is 3.16. The molecule has 2 N–H and O–H groups in total. The van der Waals surface area contributed by atoms with Gasteiger partial charge < -0.3 is 15.2 Å². The average molecular weight is 475 g/mol. The van der Waals surface area contributed by atoms with Crippen LogP contribution in [-0.4, -0.2) is 30.8 Å². The van der Waals surface area contributed by atoms with Crippen molar-refractivity contribution in [3.05, 3.63) is 69.0 Å². The Bertz CT molecular complexity index is 1120. The summed E-state index contributed by atoms with van der Waals surface area (Å²) in [5.74, 6) is 0.512. The van der Waals surface area contributed by atoms with Crippen molar-refractivity contribution in [2.75, 3.05) is 10.6 Å². The van der Waals surface area contributed by atoms with E-state index in [2.05, 4.69) is 20.8 Å². The van der Waals surface area contributed by atoms with E-state index in [0.29, 0.717) is 29.0 Å². The van der Waals surface area contributed by atoms with Crippen molar-refractivity contribution < 1.29 is 9.72 Å². The van der Waals surface area contributed by atoms with Crippen molar-refractivity contribution in [1.82, 2.24) is 14.8 Å². The number of aryl methyl sites for hydroxylation is 1. The van der Waals surface area contributed by atoms with Crippen LogP contribution < -0.4 is 10.6 Å². The molecule has 0 aliphatic heterocycles. The molecule has 0 aliphatic rings. The standard InChI is InChI=1S/C21H23ClN6O3S/c1-4-27-19(12-23-16-6-5-13(2)18(22)11-16)25-26-21(27)32-14(3)20(29)24-15-7-9-17(10-8-15)28(30)31/h5-11,14,23H,4,12H2,1-3H3,(H,24,29). The van der Waals surface area contributed by atoms with Gasteiger partial charge in [0.25, 0.3) is 5.69 Å². The number of carbonyl (C=O) groups excluding carboxylic acids is 1. The van der Waals surface area contributed by atoms with Crippen molar-refractivity contribution in [2.24, 2.45) is 0 Å². The summed E-state index contributed by atoms with van der Waals surface area (Å²) in [6.07, 6.45) is 0. The molecule has 0 bridgehead atoms. The number of halogens is 1. The third kappa shape index (κ3) is 5.77. The Morgan fingerprint density at radius 2 is 1.91 bits per heavy atom. The van der Waals surface area contributed by atoms with Gasteiger partial charge in [0, 0.05) is 35.1 Å². The first-order valence-corrected chi connectivity index (χ1v) is 11.2. The van der Waals surface area contributed by atoms with Crippen molar-refractivity contribution in [3.63, 3.8) is 0 Å². The predicted octanol–water partition coefficient (Wildman–Crippen LogP) is 4.90. The number of nitrogens with zero attached hydrogens (tertiary/aromatic N) is 4. The highest BCUT2D eigenvalue weighted by atomic mass is 35.5. The Kier molecular flexibility index (Phi) is 7.70. The number of non-ortho nitro benzene ring substituents is 1. The zero-order valence-corrected chi connectivity index (χ0v) is 19.4. The van der Waals surface area contributed by atoms with Crippen LogP contribution in [0.15, 0.2) is 47.6 Å². The normalized spacial score (nSPS) is 11.8. The van der Waals surface area contributed by atoms with Crippen LogP contribution in [0, 0.1) is 17.0 Å². The first kappa shape index (κ1) is 23.6. The molecule has 0 aliphatic carbocycles. The van der Waals surface area contributed by atoms with Gasteiger partial charge in [-0.15, -0.1) is 10.2 Å². The molecule has 2 aromatic carbocycles. The molecule has 0 spiro atoms. The SMILES string of the molecule is CCn1c(CNc2ccc(C)c(Cl)c2)nnc1SC(C)C(=O)Nc1ccc([N+](=O)[O-])cc1. The molecule has 3 rings (SSSR count). The lowest BCUT2D eigenvalue weighted by atomic mass is 10.2. The minimum atomic E-state index is -0.485. The van der Waals surface area contributed by atoms with E-state index in [9.17, 15) is 14.9 Å². The van der Waals surface area contributed by atoms with Gasteiger partial charge in [-0.2, -0.15) is 0 Å². The van der Waals surface area contributed by atoms with Crippen molar-refractivity contribution in [3.8, 4) is 0 Å². The minimum Gasteiger partial charge on any atom is -0.378 e. The van der Waals surface area contributed by atoms with Gasteiger partial charge in [0.15, 0.2) is 11.0 Å². The maximum atomic E-state index is 12.6. The Morgan fingerprint density at radius 1 is 1.22 bits per heavy atom. The second kappa shape index (κ2) is 10.5. The van der Waals surface area contributed by atoms with Crippen LogP contribution in [0.4, 0.5) is 17.1 Å². The van der Waals surface area contributed by atoms with E-state index in [-0.39, 0.29) is 11.6 Å². The molecule has 1 unspecified atom stereocenters. The van der Waals surface area contributed by atoms with Crippen LogP contribution in [0.1, 0.15) is 25.2 Å². The fraction of sp³-hybridized carbons (Fsp3) is 0.286. The van der Waals surface area contributed by atoms with Gasteiger partial charge in [-0.05, 0) is 50.6 Å². The van der Waals surface area contributed by atoms with E-state index < -0.39 is 10.2 Å². The number of thioether (sulfide) groups is 1. The third-order valence-corrected chi connectivity index (χ3v) is 6.22. The van der Waals surface area contributed by atoms with Gasteiger partial charge >= 0.3 is 0 Å². The Morgan fingerprint density at radius 3 is 2.53 bits per heavy atom. The number of nitro groups is 1. The van der Waals surface area contributed by atoms with Crippen LogP contribution in [0.2, 0.25) is 5.02 Å². The van der Waals surface area contributed by atoms with Crippen LogP contribution >= 0.6 is 23.4 Å². The smallest absolute Gasteiger partial charge is 0.269 e. The molecule has 1 heterocycles. The van der Waals surface area contributed by atoms with E-state index in [0.717, 1.165) is 17.1 Å². The van der Waals surface area contributed by atoms with Crippen molar-refractivity contribution in [1.29, 1.82) is 0 Å². The molecular formula is C21H23ClN6O3S. The van der Waals surface area contributed by atoms with Gasteiger partial charge in [0.05, 0.1) is 16.7 Å². The predicted molar refractivity (Wildman–Crippen MR) is 126 cm³/mol. The maximum Gasteiger partial charge on any atom is 0.269 e. The summed E-state index contributed by atoms with van der Waals surface area (Å²) in [5.41, 5.74) is 2.35. The molecule has 1 atom stereocenters. The third-order valence-electron chi connectivity index (χ3n) is 4.73. The van der Waals surface area contributed by atoms with E-state index in [4.69, 9.17) is 11.6 Å². The number of aromatic nitrogens is 3. The molecular weight excluding hydrogens is 452 g/mol. The molecule has 1 aromatic heterocycles. The monoisotopic (exact) mass is 474 g/mol. The maximum absolute atomic E-state index is 12.6. The molecule has 11 heteroatoms. The van der Waals surface area contributed by atoms with Crippen LogP contribution in [-0.2, 0) is 17.9 Å². The molecule has 1 amide bonds. The summed E-state index contributed by atoms with van der Waals surface area (Å²) in [5, 5.41) is 26.2. The number of rotatable bonds is 9. The minimum absolute atomic E-state index is 0.0319. The lowest BCUT2D eigenvalue weighted by Gasteiger charge is -2.13. The van der Waals surface area contributed by atoms with E-state index in [1.54, 1.807) is 6.92 Å². The first-order valence-electron chi connectivity index (χ1n) is 9.92. The van der Waals surface area contributed by atoms with Gasteiger partial charge in [-0.25, -0.2) is 0 Å². The Hall–Kier alpha value is -3.11. The highest BCUT2D eigenvalue weighted by Gasteiger charge is 2.20. The number of hydrogen-bond donors (Lipinski definition) is 2. The summed E-state index contributed by atoms with van der Waals surface area (Å²) in [4.78, 5) is 22.8. The van der Waals surface area contributed by atoms with Crippen molar-refractivity contribution >= 4 is 46.3 Å². The van der Waals surface area contributed by atoms with Crippen LogP contribution in [0.3, 0.4) is 0 Å². The highest BCUT2D eigenvalue weighted by molar-refractivity contribution is 8.00. The molecule has 9 nitrogen and oxygen atoms in total. The van der Waals surface area contributed by atoms with Crippen molar-refractivity contribution in [2.45, 2.75) is 44.3 Å². The fourth-order valence-electron chi connectivity index (χ4n) is 2.86. The lowest BCUT2D eigenvalue weighted by molar-refractivity contribution is -0.384. The number of benzene rings is 2. The first-order chi connectivity index (χ1) is 15.3. The second-order valence-corrected chi connectivity index (χ2v) is 8.73. The fourth-order valence-corrected chi connectivity index (χ4v) is 3.97. The molecule has 32 heavy (non-hydrogen) atoms. The number of amides is 1. The van der Waals surface area contributed by atoms with E-state index >= 15 is 0 Å². The molecule has 3 aromatic rings. The summed E-state index contributed by atoms with van der Waals surface area (Å²) in [6.45, 7) is 6.82. The van der Waals surface area contributed by atoms with E-state index in [1.807, 2.05) is 36.6 Å². The molecule has 168 valence electrons. The molecule has 0 saturated heterocycles. The van der Waals surface area contributed by atoms with E-state index in [1.165, 1.54) is 36.0 Å². The Labute approximate surface area is 194 Å². The summed E-state index contributed by atoms with van der Waals surface area (Å²) in [6, 6.07) is 11.5. The second-order valence-electron chi connectivity index (χ2n) is 7.01. The molecule has 0 radical (unpaired) electrons. The number of nitro benzene ring substituents is 1. The zero-order chi connectivity index (χ0) is 23.3.